The van der Waals surface area contributed by atoms with Gasteiger partial charge in [-0.2, -0.15) is 0 Å². The lowest BCUT2D eigenvalue weighted by Crippen LogP contribution is -2.42. The summed E-state index contributed by atoms with van der Waals surface area (Å²) in [6.45, 7) is 4.39. The van der Waals surface area contributed by atoms with Crippen LogP contribution >= 0.6 is 0 Å². The van der Waals surface area contributed by atoms with Gasteiger partial charge in [0.05, 0.1) is 5.54 Å². The van der Waals surface area contributed by atoms with Gasteiger partial charge in [0.1, 0.15) is 6.61 Å². The third-order valence-corrected chi connectivity index (χ3v) is 6.49. The van der Waals surface area contributed by atoms with Crippen LogP contribution in [0.4, 0.5) is 0 Å². The number of carbonyl (C=O) groups is 1. The van der Waals surface area contributed by atoms with Gasteiger partial charge >= 0.3 is 5.97 Å². The molecule has 3 aromatic carbocycles. The van der Waals surface area contributed by atoms with Gasteiger partial charge < -0.3 is 10.5 Å². The van der Waals surface area contributed by atoms with E-state index < -0.39 is 5.54 Å². The molecule has 0 saturated heterocycles. The summed E-state index contributed by atoms with van der Waals surface area (Å²) < 4.78 is 5.73. The summed E-state index contributed by atoms with van der Waals surface area (Å²) in [7, 11) is 0. The molecular weight excluding hydrogens is 406 g/mol. The summed E-state index contributed by atoms with van der Waals surface area (Å²) in [5.41, 5.74) is 12.2. The highest BCUT2D eigenvalue weighted by Gasteiger charge is 2.28. The molecule has 1 atom stereocenters. The minimum absolute atomic E-state index is 0.188. The monoisotopic (exact) mass is 443 g/mol. The zero-order valence-electron chi connectivity index (χ0n) is 20.1. The van der Waals surface area contributed by atoms with Crippen LogP contribution in [-0.4, -0.2) is 12.6 Å². The summed E-state index contributed by atoms with van der Waals surface area (Å²) in [5.74, 6) is -0.188. The van der Waals surface area contributed by atoms with Crippen LogP contribution < -0.4 is 5.73 Å². The van der Waals surface area contributed by atoms with Crippen LogP contribution in [0.2, 0.25) is 0 Å². The molecule has 0 bridgehead atoms. The maximum absolute atomic E-state index is 12.6. The van der Waals surface area contributed by atoms with Crippen molar-refractivity contribution >= 4 is 5.97 Å². The molecule has 0 heterocycles. The Bertz CT molecular complexity index is 980. The average Bonchev–Trinajstić information content (AvgIpc) is 2.83. The normalized spacial score (nSPS) is 12.8. The van der Waals surface area contributed by atoms with Crippen molar-refractivity contribution in [1.29, 1.82) is 0 Å². The van der Waals surface area contributed by atoms with Gasteiger partial charge in [-0.05, 0) is 67.3 Å². The first kappa shape index (κ1) is 24.7. The molecule has 33 heavy (non-hydrogen) atoms. The number of rotatable bonds is 12. The fraction of sp³-hybridized carbons (Fsp3) is 0.367. The Morgan fingerprint density at radius 3 is 2.09 bits per heavy atom. The highest BCUT2D eigenvalue weighted by atomic mass is 16.5. The predicted molar refractivity (Wildman–Crippen MR) is 136 cm³/mol. The van der Waals surface area contributed by atoms with Crippen molar-refractivity contribution in [2.24, 2.45) is 5.73 Å². The summed E-state index contributed by atoms with van der Waals surface area (Å²) in [4.78, 5) is 12.6. The Kier molecular flexibility index (Phi) is 9.26. The Morgan fingerprint density at radius 2 is 1.42 bits per heavy atom. The fourth-order valence-corrected chi connectivity index (χ4v) is 4.41. The van der Waals surface area contributed by atoms with Gasteiger partial charge in [0.2, 0.25) is 0 Å². The van der Waals surface area contributed by atoms with Gasteiger partial charge in [-0.1, -0.05) is 91.7 Å². The maximum atomic E-state index is 12.6. The van der Waals surface area contributed by atoms with E-state index in [0.717, 1.165) is 37.7 Å². The van der Waals surface area contributed by atoms with E-state index in [1.165, 1.54) is 22.3 Å². The minimum Gasteiger partial charge on any atom is -0.463 e. The summed E-state index contributed by atoms with van der Waals surface area (Å²) >= 11 is 0. The number of nitrogens with two attached hydrogens (primary N) is 1. The average molecular weight is 444 g/mol. The Hall–Kier alpha value is -2.91. The van der Waals surface area contributed by atoms with E-state index in [-0.39, 0.29) is 12.6 Å². The standard InChI is InChI=1S/C30H37NO2/c1-24-13-12-14-25(2)28(24)20-21-29(32)33-23-30(31,27-18-9-4-10-19-27)22-11-5-8-17-26-15-6-3-7-16-26/h3-4,6-7,9-10,12-16,18-19H,5,8,11,17,20-23,31H2,1-2H3. The highest BCUT2D eigenvalue weighted by Crippen LogP contribution is 2.26. The van der Waals surface area contributed by atoms with E-state index in [0.29, 0.717) is 12.8 Å². The molecule has 0 amide bonds. The number of carbonyl (C=O) groups excluding carboxylic acids is 1. The van der Waals surface area contributed by atoms with E-state index in [1.54, 1.807) is 0 Å². The first-order valence-corrected chi connectivity index (χ1v) is 12.1. The number of hydrogen-bond donors (Lipinski definition) is 1. The van der Waals surface area contributed by atoms with Gasteiger partial charge in [-0.3, -0.25) is 4.79 Å². The van der Waals surface area contributed by atoms with Crippen molar-refractivity contribution in [1.82, 2.24) is 0 Å². The molecule has 3 heteroatoms. The molecule has 0 aliphatic rings. The molecule has 0 aliphatic heterocycles. The molecule has 0 aromatic heterocycles. The largest absolute Gasteiger partial charge is 0.463 e. The zero-order valence-corrected chi connectivity index (χ0v) is 20.1. The second-order valence-corrected chi connectivity index (χ2v) is 9.10. The fourth-order valence-electron chi connectivity index (χ4n) is 4.41. The topological polar surface area (TPSA) is 52.3 Å². The molecule has 0 aliphatic carbocycles. The first-order valence-electron chi connectivity index (χ1n) is 12.1. The smallest absolute Gasteiger partial charge is 0.306 e. The van der Waals surface area contributed by atoms with Crippen molar-refractivity contribution in [3.05, 3.63) is 107 Å². The third-order valence-electron chi connectivity index (χ3n) is 6.49. The van der Waals surface area contributed by atoms with Crippen molar-refractivity contribution in [2.45, 2.75) is 64.3 Å². The molecule has 3 rings (SSSR count). The number of hydrogen-bond acceptors (Lipinski definition) is 3. The molecule has 0 saturated carbocycles. The van der Waals surface area contributed by atoms with E-state index in [1.807, 2.05) is 30.3 Å². The lowest BCUT2D eigenvalue weighted by atomic mass is 9.86. The van der Waals surface area contributed by atoms with Gasteiger partial charge in [-0.25, -0.2) is 0 Å². The van der Waals surface area contributed by atoms with Crippen LogP contribution in [0.15, 0.2) is 78.9 Å². The van der Waals surface area contributed by atoms with Crippen LogP contribution in [-0.2, 0) is 27.9 Å². The zero-order chi connectivity index (χ0) is 23.5. The quantitative estimate of drug-likeness (QED) is 0.259. The molecule has 0 radical (unpaired) electrons. The van der Waals surface area contributed by atoms with Crippen molar-refractivity contribution in [3.8, 4) is 0 Å². The molecule has 0 spiro atoms. The first-order chi connectivity index (χ1) is 16.0. The second kappa shape index (κ2) is 12.4. The number of benzene rings is 3. The van der Waals surface area contributed by atoms with Crippen LogP contribution in [0.3, 0.4) is 0 Å². The molecule has 2 N–H and O–H groups in total. The van der Waals surface area contributed by atoms with Crippen molar-refractivity contribution in [3.63, 3.8) is 0 Å². The second-order valence-electron chi connectivity index (χ2n) is 9.10. The molecule has 3 nitrogen and oxygen atoms in total. The highest BCUT2D eigenvalue weighted by molar-refractivity contribution is 5.70. The van der Waals surface area contributed by atoms with Crippen molar-refractivity contribution in [2.75, 3.05) is 6.61 Å². The van der Waals surface area contributed by atoms with Gasteiger partial charge in [-0.15, -0.1) is 0 Å². The van der Waals surface area contributed by atoms with Gasteiger partial charge in [0.25, 0.3) is 0 Å². The van der Waals surface area contributed by atoms with Crippen LogP contribution in [0.25, 0.3) is 0 Å². The minimum atomic E-state index is -0.664. The SMILES string of the molecule is Cc1cccc(C)c1CCC(=O)OCC(N)(CCCCCc1ccccc1)c1ccccc1. The van der Waals surface area contributed by atoms with Crippen LogP contribution in [0.5, 0.6) is 0 Å². The summed E-state index contributed by atoms with van der Waals surface area (Å²) in [6.07, 6.45) is 6.16. The summed E-state index contributed by atoms with van der Waals surface area (Å²) in [5, 5.41) is 0. The van der Waals surface area contributed by atoms with E-state index >= 15 is 0 Å². The Labute approximate surface area is 199 Å². The van der Waals surface area contributed by atoms with Gasteiger partial charge in [0.15, 0.2) is 0 Å². The predicted octanol–water partition coefficient (Wildman–Crippen LogP) is 6.44. The lowest BCUT2D eigenvalue weighted by Gasteiger charge is -2.30. The number of ether oxygens (including phenoxy) is 1. The summed E-state index contributed by atoms with van der Waals surface area (Å²) in [6, 6.07) is 26.9. The lowest BCUT2D eigenvalue weighted by molar-refractivity contribution is -0.145. The Morgan fingerprint density at radius 1 is 0.788 bits per heavy atom. The van der Waals surface area contributed by atoms with E-state index in [2.05, 4.69) is 62.4 Å². The Balaban J connectivity index is 1.52. The molecule has 1 unspecified atom stereocenters. The maximum Gasteiger partial charge on any atom is 0.306 e. The van der Waals surface area contributed by atoms with Crippen LogP contribution in [0.1, 0.15) is 59.9 Å². The van der Waals surface area contributed by atoms with Gasteiger partial charge in [0, 0.05) is 6.42 Å². The molecule has 0 fully saturated rings. The number of unbranched alkanes of at least 4 members (excludes halogenated alkanes) is 2. The molecule has 174 valence electrons. The van der Waals surface area contributed by atoms with E-state index in [9.17, 15) is 4.79 Å². The molecular formula is C30H37NO2. The number of aryl methyl sites for hydroxylation is 3. The van der Waals surface area contributed by atoms with Crippen LogP contribution in [0, 0.1) is 13.8 Å². The van der Waals surface area contributed by atoms with E-state index in [4.69, 9.17) is 10.5 Å². The third kappa shape index (κ3) is 7.57. The van der Waals surface area contributed by atoms with Crippen molar-refractivity contribution < 1.29 is 9.53 Å². The molecule has 3 aromatic rings. The number of esters is 1.